The van der Waals surface area contributed by atoms with Gasteiger partial charge in [-0.2, -0.15) is 0 Å². The van der Waals surface area contributed by atoms with Gasteiger partial charge in [0.05, 0.1) is 242 Å². The van der Waals surface area contributed by atoms with E-state index in [-0.39, 0.29) is 309 Å². The summed E-state index contributed by atoms with van der Waals surface area (Å²) in [5, 5.41) is 108. The summed E-state index contributed by atoms with van der Waals surface area (Å²) < 4.78 is 103. The van der Waals surface area contributed by atoms with E-state index in [1.165, 1.54) is 120 Å². The lowest BCUT2D eigenvalue weighted by molar-refractivity contribution is -0.284. The monoisotopic (exact) mass is 2150 g/mol. The molecule has 0 aromatic carbocycles. The lowest BCUT2D eigenvalue weighted by atomic mass is 9.44. The molecule has 2 heterocycles. The van der Waals surface area contributed by atoms with Gasteiger partial charge in [0.25, 0.3) is 0 Å². The van der Waals surface area contributed by atoms with E-state index in [1.54, 1.807) is 27.8 Å². The molecular weight excluding hydrogens is 1950 g/mol. The highest BCUT2D eigenvalue weighted by Gasteiger charge is 2.61. The fourth-order valence-electron chi connectivity index (χ4n) is 22.6. The molecular formula is C109H197N7O34. The van der Waals surface area contributed by atoms with Crippen LogP contribution in [-0.2, 0) is 119 Å². The summed E-state index contributed by atoms with van der Waals surface area (Å²) >= 11 is 0. The number of aliphatic hydroxyl groups is 9. The van der Waals surface area contributed by atoms with Gasteiger partial charge in [-0.3, -0.25) is 33.6 Å². The van der Waals surface area contributed by atoms with Crippen LogP contribution in [0.25, 0.3) is 0 Å². The van der Waals surface area contributed by atoms with Crippen molar-refractivity contribution in [2.24, 2.45) is 70.0 Å². The Labute approximate surface area is 892 Å². The zero-order valence-electron chi connectivity index (χ0n) is 91.9. The van der Waals surface area contributed by atoms with Crippen molar-refractivity contribution in [3.05, 3.63) is 12.2 Å². The van der Waals surface area contributed by atoms with Gasteiger partial charge in [0, 0.05) is 108 Å². The standard InChI is InChI=1S/C109H197N7O34/c1-9-10-11-12-13-14-15-16-17-18-19-20-21-22-23-24-95(123)114-84-31-37-107(6)83(70-84)26-27-85-87-29-28-86(108(87,7)38-32-88(85)107)78(2)25-30-98(126)116(8)71-97(125)113-42-50-137-52-57-139-62-61-138-56-51-133-43-36-96(124)115-109(75-143-44-33-92(120)110-39-47-134-53-58-140-63-66-146-89-69-82(72-117)102(130)99(127)79(89)3,76-144-45-34-93(121)111-40-48-135-54-59-141-64-67-147-105-80(4)100(128)103(131)90(73-118)149-105)77-145-46-35-94(122)112-41-49-136-55-60-142-65-68-148-106-81(5)101(129)104(132)91(74-119)150-106/h16-17,78-91,99-106,117-119,127-132H,9-15,18-77H2,1-8H3,(H,110,120)(H,111,121)(H,112,122)(H,113,125)(H,114,123)(H,115,124)/b17-16-/t78?,79?,80?,81?,82?,83?,84-,85?,86?,87?,88?,89?,90?,91?,99?,100?,101?,102?,103?,104?,105?,106?,107-,108+,109?/m0/s1. The van der Waals surface area contributed by atoms with E-state index in [2.05, 4.69) is 71.7 Å². The molecule has 41 nitrogen and oxygen atoms in total. The van der Waals surface area contributed by atoms with Crippen molar-refractivity contribution in [3.8, 4) is 0 Å². The average molecular weight is 2150 g/mol. The second-order valence-electron chi connectivity index (χ2n) is 42.8. The number of allylic oxidation sites excluding steroid dienone is 2. The van der Waals surface area contributed by atoms with Crippen molar-refractivity contribution in [2.45, 2.75) is 320 Å². The summed E-state index contributed by atoms with van der Waals surface area (Å²) in [5.74, 6) is 0.297. The smallest absolute Gasteiger partial charge is 0.239 e. The summed E-state index contributed by atoms with van der Waals surface area (Å²) in [6, 6.07) is 0.299. The molecule has 7 aliphatic rings. The van der Waals surface area contributed by atoms with Crippen LogP contribution in [0.1, 0.15) is 241 Å². The van der Waals surface area contributed by atoms with Gasteiger partial charge in [-0.05, 0) is 149 Å². The summed E-state index contributed by atoms with van der Waals surface area (Å²) in [4.78, 5) is 94.7. The predicted octanol–water partition coefficient (Wildman–Crippen LogP) is 5.08. The van der Waals surface area contributed by atoms with E-state index < -0.39 is 104 Å². The Kier molecular flexibility index (Phi) is 67.3. The number of fused-ring (bicyclic) bond motifs is 5. The molecule has 0 bridgehead atoms. The maximum Gasteiger partial charge on any atom is 0.239 e. The Morgan fingerprint density at radius 2 is 0.807 bits per heavy atom. The lowest BCUT2D eigenvalue weighted by Gasteiger charge is -2.61. The number of ether oxygens (including phenoxy) is 18. The maximum absolute atomic E-state index is 14.0. The zero-order valence-corrected chi connectivity index (χ0v) is 91.9. The summed E-state index contributed by atoms with van der Waals surface area (Å²) in [7, 11) is 1.70. The SMILES string of the molecule is CCCCCCCC/C=C\CCCCCCCC(=O)N[C@H]1CC[C@@]2(C)C(CCC3C4CCC(C(C)CCC(=O)N(C)CC(=O)NCCOCCOCCOCCOCCC(=O)NC(COCCC(=O)NCCOCCOCCOC5CC(CO)C(O)C(O)C5C)(COCCC(=O)NCCOCCOCCOC5OC(CO)C(O)C(O)C5C)COCCC(=O)NCCOCCOCCOC5OC(CO)C(O)C(O)C5C)[C@@]4(C)CCC32)C1. The van der Waals surface area contributed by atoms with Crippen LogP contribution in [0.4, 0.5) is 0 Å². The number of carbonyl (C=O) groups is 7. The third-order valence-electron chi connectivity index (χ3n) is 31.7. The second kappa shape index (κ2) is 76.6. The van der Waals surface area contributed by atoms with E-state index in [1.807, 2.05) is 0 Å². The molecule has 5 saturated carbocycles. The second-order valence-corrected chi connectivity index (χ2v) is 42.8. The van der Waals surface area contributed by atoms with Crippen molar-refractivity contribution in [1.29, 1.82) is 0 Å². The van der Waals surface area contributed by atoms with Crippen LogP contribution in [-0.4, -0.2) is 422 Å². The third-order valence-corrected chi connectivity index (χ3v) is 31.7. The van der Waals surface area contributed by atoms with E-state index >= 15 is 0 Å². The first-order chi connectivity index (χ1) is 72.5. The first kappa shape index (κ1) is 132. The van der Waals surface area contributed by atoms with Gasteiger partial charge in [0.15, 0.2) is 12.6 Å². The highest BCUT2D eigenvalue weighted by atomic mass is 16.7. The number of likely N-dealkylation sites (N-methyl/N-ethyl adjacent to an activating group) is 1. The molecule has 0 aromatic rings. The number of rotatable bonds is 86. The largest absolute Gasteiger partial charge is 0.396 e. The molecule has 0 radical (unpaired) electrons. The van der Waals surface area contributed by atoms with E-state index in [9.17, 15) is 79.5 Å². The molecule has 7 fully saturated rings. The van der Waals surface area contributed by atoms with Crippen LogP contribution in [0.15, 0.2) is 12.2 Å². The van der Waals surface area contributed by atoms with Gasteiger partial charge in [0.1, 0.15) is 30.0 Å². The minimum Gasteiger partial charge on any atom is -0.396 e. The molecule has 2 saturated heterocycles. The molecule has 7 rings (SSSR count). The maximum atomic E-state index is 14.0. The van der Waals surface area contributed by atoms with E-state index in [0.717, 1.165) is 43.9 Å². The molecule has 21 unspecified atom stereocenters. The van der Waals surface area contributed by atoms with Gasteiger partial charge in [0.2, 0.25) is 41.4 Å². The highest BCUT2D eigenvalue weighted by Crippen LogP contribution is 2.68. The lowest BCUT2D eigenvalue weighted by Crippen LogP contribution is -2.59. The first-order valence-corrected chi connectivity index (χ1v) is 56.7. The van der Waals surface area contributed by atoms with Gasteiger partial charge in [-0.15, -0.1) is 0 Å². The quantitative estimate of drug-likeness (QED) is 0.0279. The van der Waals surface area contributed by atoms with Gasteiger partial charge in [-0.25, -0.2) is 0 Å². The average Bonchev–Trinajstić information content (AvgIpc) is 1.43. The Morgan fingerprint density at radius 1 is 0.400 bits per heavy atom. The van der Waals surface area contributed by atoms with Gasteiger partial charge in [-0.1, -0.05) is 112 Å². The molecule has 5 aliphatic carbocycles. The van der Waals surface area contributed by atoms with Crippen LogP contribution in [0.5, 0.6) is 0 Å². The molecule has 0 spiro atoms. The normalized spacial score (nSPS) is 28.4. The molecule has 150 heavy (non-hydrogen) atoms. The molecule has 872 valence electrons. The van der Waals surface area contributed by atoms with E-state index in [4.69, 9.17) is 85.3 Å². The molecule has 15 N–H and O–H groups in total. The Hall–Kier alpha value is -5.05. The predicted molar refractivity (Wildman–Crippen MR) is 557 cm³/mol. The number of amides is 7. The molecule has 0 aromatic heterocycles. The Balaban J connectivity index is 0.774. The molecule has 7 amide bonds. The Morgan fingerprint density at radius 3 is 1.28 bits per heavy atom. The number of aliphatic hydroxyl groups excluding tert-OH is 9. The number of carbonyl (C=O) groups excluding carboxylic acids is 7. The van der Waals surface area contributed by atoms with Crippen molar-refractivity contribution in [1.82, 2.24) is 36.8 Å². The van der Waals surface area contributed by atoms with Crippen LogP contribution in [0, 0.1) is 70.0 Å². The minimum atomic E-state index is -1.46. The number of nitrogens with one attached hydrogen (secondary N) is 6. The zero-order chi connectivity index (χ0) is 109. The van der Waals surface area contributed by atoms with Gasteiger partial charge < -0.3 is 168 Å². The van der Waals surface area contributed by atoms with Crippen LogP contribution in [0.3, 0.4) is 0 Å². The Bertz CT molecular complexity index is 3450. The van der Waals surface area contributed by atoms with Crippen LogP contribution < -0.4 is 31.9 Å². The van der Waals surface area contributed by atoms with Crippen molar-refractivity contribution < 1.29 is 165 Å². The van der Waals surface area contributed by atoms with Crippen molar-refractivity contribution in [2.75, 3.05) is 251 Å². The molecule has 2 aliphatic heterocycles. The van der Waals surface area contributed by atoms with Crippen LogP contribution in [0.2, 0.25) is 0 Å². The summed E-state index contributed by atoms with van der Waals surface area (Å²) in [5.41, 5.74) is -0.864. The third kappa shape index (κ3) is 48.8. The topological polar surface area (TPSA) is 543 Å². The summed E-state index contributed by atoms with van der Waals surface area (Å²) in [6.07, 6.45) is 23.0. The minimum absolute atomic E-state index is 0.0236. The number of unbranched alkanes of at least 4 members (excludes halogenated alkanes) is 11. The van der Waals surface area contributed by atoms with E-state index in [0.29, 0.717) is 54.4 Å². The molecule has 41 heteroatoms. The highest BCUT2D eigenvalue weighted by molar-refractivity contribution is 5.84. The first-order valence-electron chi connectivity index (χ1n) is 56.7. The number of nitrogens with zero attached hydrogens (tertiary/aromatic N) is 1. The number of hydrogen-bond acceptors (Lipinski definition) is 34. The van der Waals surface area contributed by atoms with Crippen molar-refractivity contribution >= 4 is 41.4 Å². The number of hydrogen-bond donors (Lipinski definition) is 15. The van der Waals surface area contributed by atoms with Crippen molar-refractivity contribution in [3.63, 3.8) is 0 Å². The fraction of sp³-hybridized carbons (Fsp3) is 0.917. The molecule has 24 atom stereocenters. The fourth-order valence-corrected chi connectivity index (χ4v) is 22.6. The van der Waals surface area contributed by atoms with Gasteiger partial charge >= 0.3 is 0 Å². The summed E-state index contributed by atoms with van der Waals surface area (Å²) in [6.45, 7) is 17.7. The van der Waals surface area contributed by atoms with Crippen LogP contribution >= 0.6 is 0 Å².